The van der Waals surface area contributed by atoms with Gasteiger partial charge in [0.1, 0.15) is 13.2 Å². The Morgan fingerprint density at radius 1 is 1.07 bits per heavy atom. The summed E-state index contributed by atoms with van der Waals surface area (Å²) in [7, 11) is -3.55. The first-order valence-electron chi connectivity index (χ1n) is 9.31. The molecular formula is C20H23N3O6S. The minimum absolute atomic E-state index is 0.119. The molecule has 0 fully saturated rings. The molecule has 3 N–H and O–H groups in total. The number of nitrogens with two attached hydrogens (primary N) is 1. The van der Waals surface area contributed by atoms with Gasteiger partial charge in [-0.05, 0) is 42.8 Å². The molecule has 30 heavy (non-hydrogen) atoms. The number of nitrogens with one attached hydrogen (secondary N) is 1. The number of nitrogens with zero attached hydrogens (tertiary/aromatic N) is 1. The molecule has 2 aromatic carbocycles. The van der Waals surface area contributed by atoms with Crippen molar-refractivity contribution < 1.29 is 27.5 Å². The lowest BCUT2D eigenvalue weighted by Crippen LogP contribution is -2.31. The van der Waals surface area contributed by atoms with Crippen LogP contribution in [0.1, 0.15) is 23.2 Å². The summed E-state index contributed by atoms with van der Waals surface area (Å²) in [5.74, 6) is 0.245. The summed E-state index contributed by atoms with van der Waals surface area (Å²) < 4.78 is 36.8. The molecule has 0 saturated carbocycles. The fourth-order valence-electron chi connectivity index (χ4n) is 3.00. The molecule has 1 aliphatic rings. The van der Waals surface area contributed by atoms with Crippen molar-refractivity contribution in [3.8, 4) is 11.5 Å². The van der Waals surface area contributed by atoms with E-state index < -0.39 is 15.9 Å². The van der Waals surface area contributed by atoms with Crippen LogP contribution in [0.3, 0.4) is 0 Å². The molecule has 2 aromatic rings. The van der Waals surface area contributed by atoms with Crippen LogP contribution in [0.5, 0.6) is 11.5 Å². The predicted octanol–water partition coefficient (Wildman–Crippen LogP) is 1.74. The van der Waals surface area contributed by atoms with Crippen molar-refractivity contribution in [3.05, 3.63) is 48.0 Å². The zero-order valence-corrected chi connectivity index (χ0v) is 17.3. The van der Waals surface area contributed by atoms with E-state index in [0.29, 0.717) is 48.1 Å². The highest BCUT2D eigenvalue weighted by molar-refractivity contribution is 7.92. The number of amides is 2. The molecule has 0 spiro atoms. The topological polar surface area (TPSA) is 128 Å². The molecule has 9 nitrogen and oxygen atoms in total. The first-order chi connectivity index (χ1) is 14.2. The van der Waals surface area contributed by atoms with Crippen molar-refractivity contribution in [1.29, 1.82) is 0 Å². The van der Waals surface area contributed by atoms with E-state index in [1.807, 2.05) is 0 Å². The van der Waals surface area contributed by atoms with Crippen molar-refractivity contribution in [2.75, 3.05) is 35.6 Å². The molecule has 0 aliphatic carbocycles. The number of rotatable bonds is 8. The monoisotopic (exact) mass is 433 g/mol. The van der Waals surface area contributed by atoms with Crippen molar-refractivity contribution >= 4 is 33.2 Å². The van der Waals surface area contributed by atoms with Gasteiger partial charge in [0.2, 0.25) is 21.8 Å². The van der Waals surface area contributed by atoms with Gasteiger partial charge in [-0.3, -0.25) is 13.9 Å². The lowest BCUT2D eigenvalue weighted by atomic mass is 10.2. The third-order valence-corrected chi connectivity index (χ3v) is 5.63. The number of fused-ring (bicyclic) bond motifs is 1. The summed E-state index contributed by atoms with van der Waals surface area (Å²) in [6.07, 6.45) is 1.55. The number of hydrogen-bond donors (Lipinski definition) is 2. The average molecular weight is 433 g/mol. The Morgan fingerprint density at radius 3 is 2.37 bits per heavy atom. The van der Waals surface area contributed by atoms with E-state index in [0.717, 1.165) is 6.26 Å². The molecule has 3 rings (SSSR count). The van der Waals surface area contributed by atoms with Gasteiger partial charge in [-0.25, -0.2) is 8.42 Å². The summed E-state index contributed by atoms with van der Waals surface area (Å²) in [4.78, 5) is 23.3. The summed E-state index contributed by atoms with van der Waals surface area (Å²) in [5, 5.41) is 2.71. The van der Waals surface area contributed by atoms with Crippen LogP contribution in [0.4, 0.5) is 11.4 Å². The van der Waals surface area contributed by atoms with Gasteiger partial charge in [-0.15, -0.1) is 0 Å². The smallest absolute Gasteiger partial charge is 0.248 e. The lowest BCUT2D eigenvalue weighted by Gasteiger charge is -2.25. The number of benzene rings is 2. The Labute approximate surface area is 174 Å². The number of ether oxygens (including phenoxy) is 2. The molecule has 0 aromatic heterocycles. The van der Waals surface area contributed by atoms with Crippen LogP contribution in [0.25, 0.3) is 0 Å². The Morgan fingerprint density at radius 2 is 1.73 bits per heavy atom. The maximum atomic E-state index is 12.3. The van der Waals surface area contributed by atoms with Gasteiger partial charge in [-0.2, -0.15) is 0 Å². The zero-order valence-electron chi connectivity index (χ0n) is 16.5. The summed E-state index contributed by atoms with van der Waals surface area (Å²) in [5.41, 5.74) is 6.50. The Hall–Kier alpha value is -3.27. The molecule has 0 unspecified atom stereocenters. The molecular weight excluding hydrogens is 410 g/mol. The third-order valence-electron chi connectivity index (χ3n) is 4.43. The molecule has 160 valence electrons. The van der Waals surface area contributed by atoms with Gasteiger partial charge >= 0.3 is 0 Å². The number of hydrogen-bond acceptors (Lipinski definition) is 6. The minimum Gasteiger partial charge on any atom is -0.486 e. The second kappa shape index (κ2) is 9.04. The van der Waals surface area contributed by atoms with Crippen LogP contribution in [0, 0.1) is 0 Å². The number of anilines is 2. The van der Waals surface area contributed by atoms with E-state index in [1.165, 1.54) is 16.4 Å². The van der Waals surface area contributed by atoms with Crippen molar-refractivity contribution in [1.82, 2.24) is 0 Å². The van der Waals surface area contributed by atoms with Crippen molar-refractivity contribution in [2.24, 2.45) is 5.73 Å². The maximum absolute atomic E-state index is 12.3. The average Bonchev–Trinajstić information content (AvgIpc) is 2.70. The van der Waals surface area contributed by atoms with E-state index in [4.69, 9.17) is 15.2 Å². The molecule has 1 heterocycles. The molecule has 0 radical (unpaired) electrons. The lowest BCUT2D eigenvalue weighted by molar-refractivity contribution is -0.116. The fourth-order valence-corrected chi connectivity index (χ4v) is 3.96. The Balaban J connectivity index is 1.60. The van der Waals surface area contributed by atoms with Crippen molar-refractivity contribution in [3.63, 3.8) is 0 Å². The van der Waals surface area contributed by atoms with Gasteiger partial charge in [0, 0.05) is 30.3 Å². The first kappa shape index (κ1) is 21.4. The predicted molar refractivity (Wildman–Crippen MR) is 112 cm³/mol. The number of primary amides is 1. The summed E-state index contributed by atoms with van der Waals surface area (Å²) in [6, 6.07) is 11.1. The largest absolute Gasteiger partial charge is 0.486 e. The van der Waals surface area contributed by atoms with Gasteiger partial charge in [0.05, 0.1) is 11.9 Å². The van der Waals surface area contributed by atoms with Gasteiger partial charge in [0.25, 0.3) is 0 Å². The highest BCUT2D eigenvalue weighted by Gasteiger charge is 2.21. The standard InChI is InChI=1S/C20H23N3O6S/c1-30(26,27)23(16-8-9-17-18(13-16)29-12-11-28-17)10-2-3-19(24)22-15-6-4-14(5-7-15)20(21)25/h4-9,13H,2-3,10-12H2,1H3,(H2,21,25)(H,22,24). The maximum Gasteiger partial charge on any atom is 0.248 e. The van der Waals surface area contributed by atoms with E-state index in [-0.39, 0.29) is 18.9 Å². The minimum atomic E-state index is -3.55. The van der Waals surface area contributed by atoms with Crippen LogP contribution < -0.4 is 24.8 Å². The third kappa shape index (κ3) is 5.41. The molecule has 0 atom stereocenters. The Bertz CT molecular complexity index is 1040. The molecule has 0 saturated heterocycles. The van der Waals surface area contributed by atoms with Gasteiger partial charge in [-0.1, -0.05) is 0 Å². The highest BCUT2D eigenvalue weighted by atomic mass is 32.2. The number of carbonyl (C=O) groups is 2. The molecule has 2 amide bonds. The van der Waals surface area contributed by atoms with Gasteiger partial charge in [0.15, 0.2) is 11.5 Å². The van der Waals surface area contributed by atoms with Crippen LogP contribution >= 0.6 is 0 Å². The zero-order chi connectivity index (χ0) is 21.7. The fraction of sp³-hybridized carbons (Fsp3) is 0.300. The van der Waals surface area contributed by atoms with Crippen LogP contribution in [-0.2, 0) is 14.8 Å². The molecule has 0 bridgehead atoms. The SMILES string of the molecule is CS(=O)(=O)N(CCCC(=O)Nc1ccc(C(N)=O)cc1)c1ccc2c(c1)OCCO2. The normalized spacial score (nSPS) is 12.8. The summed E-state index contributed by atoms with van der Waals surface area (Å²) in [6.45, 7) is 0.977. The van der Waals surface area contributed by atoms with Crippen LogP contribution in [0.2, 0.25) is 0 Å². The number of sulfonamides is 1. The molecule has 10 heteroatoms. The van der Waals surface area contributed by atoms with Crippen LogP contribution in [0.15, 0.2) is 42.5 Å². The highest BCUT2D eigenvalue weighted by Crippen LogP contribution is 2.34. The first-order valence-corrected chi connectivity index (χ1v) is 11.2. The van der Waals surface area contributed by atoms with E-state index in [1.54, 1.807) is 30.3 Å². The number of carbonyl (C=O) groups excluding carboxylic acids is 2. The molecule has 1 aliphatic heterocycles. The quantitative estimate of drug-likeness (QED) is 0.653. The second-order valence-corrected chi connectivity index (χ2v) is 8.66. The van der Waals surface area contributed by atoms with Crippen molar-refractivity contribution in [2.45, 2.75) is 12.8 Å². The van der Waals surface area contributed by atoms with E-state index in [2.05, 4.69) is 5.32 Å². The Kier molecular flexibility index (Phi) is 6.46. The summed E-state index contributed by atoms with van der Waals surface area (Å²) >= 11 is 0. The van der Waals surface area contributed by atoms with Crippen LogP contribution in [-0.4, -0.2) is 46.2 Å². The van der Waals surface area contributed by atoms with Gasteiger partial charge < -0.3 is 20.5 Å². The van der Waals surface area contributed by atoms with E-state index in [9.17, 15) is 18.0 Å². The second-order valence-electron chi connectivity index (χ2n) is 6.76. The van der Waals surface area contributed by atoms with E-state index >= 15 is 0 Å².